The van der Waals surface area contributed by atoms with Crippen LogP contribution in [0.25, 0.3) is 0 Å². The Kier molecular flexibility index (Phi) is 12.3. The van der Waals surface area contributed by atoms with Gasteiger partial charge < -0.3 is 25.1 Å². The molecule has 1 heterocycles. The van der Waals surface area contributed by atoms with Gasteiger partial charge in [0.1, 0.15) is 12.4 Å². The highest BCUT2D eigenvalue weighted by molar-refractivity contribution is 14.0. The third kappa shape index (κ3) is 8.48. The third-order valence-electron chi connectivity index (χ3n) is 4.08. The Morgan fingerprint density at radius 3 is 2.67 bits per heavy atom. The van der Waals surface area contributed by atoms with E-state index in [0.717, 1.165) is 35.8 Å². The number of nitrogens with one attached hydrogen (secondary N) is 3. The topological polar surface area (TPSA) is 87.9 Å². The van der Waals surface area contributed by atoms with Crippen molar-refractivity contribution in [3.63, 3.8) is 0 Å². The zero-order valence-corrected chi connectivity index (χ0v) is 19.9. The lowest BCUT2D eigenvalue weighted by atomic mass is 10.2. The molecule has 7 nitrogen and oxygen atoms in total. The van der Waals surface area contributed by atoms with Gasteiger partial charge in [0.15, 0.2) is 11.7 Å². The first-order valence-corrected chi connectivity index (χ1v) is 9.81. The van der Waals surface area contributed by atoms with Crippen molar-refractivity contribution in [2.24, 2.45) is 4.99 Å². The normalized spacial score (nSPS) is 10.7. The minimum atomic E-state index is -0.191. The molecule has 2 rings (SSSR count). The molecule has 2 aromatic rings. The number of halogens is 1. The molecule has 0 atom stereocenters. The lowest BCUT2D eigenvalue weighted by Crippen LogP contribution is -2.38. The summed E-state index contributed by atoms with van der Waals surface area (Å²) in [6.07, 6.45) is 4.00. The maximum Gasteiger partial charge on any atom is 0.287 e. The molecule has 30 heavy (non-hydrogen) atoms. The zero-order valence-electron chi connectivity index (χ0n) is 17.6. The number of benzene rings is 1. The van der Waals surface area contributed by atoms with Crippen molar-refractivity contribution < 1.29 is 13.9 Å². The minimum absolute atomic E-state index is 0. The van der Waals surface area contributed by atoms with Gasteiger partial charge in [-0.05, 0) is 32.4 Å². The summed E-state index contributed by atoms with van der Waals surface area (Å²) >= 11 is 0. The van der Waals surface area contributed by atoms with E-state index in [1.807, 2.05) is 38.1 Å². The van der Waals surface area contributed by atoms with Crippen molar-refractivity contribution >= 4 is 35.8 Å². The predicted octanol–water partition coefficient (Wildman–Crippen LogP) is 3.65. The number of ether oxygens (including phenoxy) is 1. The zero-order chi connectivity index (χ0) is 20.9. The van der Waals surface area contributed by atoms with E-state index in [-0.39, 0.29) is 29.9 Å². The molecule has 0 unspecified atom stereocenters. The van der Waals surface area contributed by atoms with E-state index in [4.69, 9.17) is 9.15 Å². The standard InChI is InChI=1S/C22H30N4O3.HI/c1-4-14-28-19-10-7-6-9-18(19)16-26-22(23-5-2)25-13-8-12-24-21(27)20-17(3)11-15-29-20;/h4,6-7,9-11,15H,1,5,8,12-14,16H2,2-3H3,(H,24,27)(H2,23,25,26);1H. The van der Waals surface area contributed by atoms with Gasteiger partial charge in [0.2, 0.25) is 0 Å². The molecule has 1 aromatic carbocycles. The molecule has 0 spiro atoms. The van der Waals surface area contributed by atoms with Gasteiger partial charge in [0.05, 0.1) is 12.8 Å². The van der Waals surface area contributed by atoms with Crippen LogP contribution in [0.5, 0.6) is 5.75 Å². The highest BCUT2D eigenvalue weighted by atomic mass is 127. The van der Waals surface area contributed by atoms with Crippen LogP contribution in [-0.2, 0) is 6.54 Å². The van der Waals surface area contributed by atoms with E-state index in [1.165, 1.54) is 6.26 Å². The number of carbonyl (C=O) groups excluding carboxylic acids is 1. The van der Waals surface area contributed by atoms with Gasteiger partial charge in [0.25, 0.3) is 5.91 Å². The summed E-state index contributed by atoms with van der Waals surface area (Å²) in [4.78, 5) is 16.6. The van der Waals surface area contributed by atoms with Crippen molar-refractivity contribution in [1.82, 2.24) is 16.0 Å². The summed E-state index contributed by atoms with van der Waals surface area (Å²) in [5, 5.41) is 9.36. The van der Waals surface area contributed by atoms with Crippen LogP contribution in [0.3, 0.4) is 0 Å². The first-order chi connectivity index (χ1) is 14.2. The third-order valence-corrected chi connectivity index (χ3v) is 4.08. The van der Waals surface area contributed by atoms with Gasteiger partial charge in [-0.2, -0.15) is 0 Å². The summed E-state index contributed by atoms with van der Waals surface area (Å²) < 4.78 is 10.9. The Hall–Kier alpha value is -2.49. The summed E-state index contributed by atoms with van der Waals surface area (Å²) in [7, 11) is 0. The average Bonchev–Trinajstić information content (AvgIpc) is 3.16. The molecule has 3 N–H and O–H groups in total. The van der Waals surface area contributed by atoms with E-state index in [9.17, 15) is 4.79 Å². The Labute approximate surface area is 195 Å². The molecule has 0 aliphatic carbocycles. The van der Waals surface area contributed by atoms with Crippen molar-refractivity contribution in [3.05, 3.63) is 66.1 Å². The average molecular weight is 526 g/mol. The van der Waals surface area contributed by atoms with Crippen LogP contribution in [0.2, 0.25) is 0 Å². The van der Waals surface area contributed by atoms with Crippen molar-refractivity contribution in [2.75, 3.05) is 26.2 Å². The summed E-state index contributed by atoms with van der Waals surface area (Å²) in [6, 6.07) is 9.61. The Morgan fingerprint density at radius 2 is 1.97 bits per heavy atom. The maximum atomic E-state index is 12.0. The van der Waals surface area contributed by atoms with E-state index < -0.39 is 0 Å². The Balaban J connectivity index is 0.00000450. The number of aryl methyl sites for hydroxylation is 1. The molecule has 1 aromatic heterocycles. The summed E-state index contributed by atoms with van der Waals surface area (Å²) in [5.74, 6) is 1.71. The number of guanidine groups is 1. The van der Waals surface area contributed by atoms with Gasteiger partial charge in [-0.1, -0.05) is 30.9 Å². The Morgan fingerprint density at radius 1 is 1.20 bits per heavy atom. The van der Waals surface area contributed by atoms with Crippen LogP contribution >= 0.6 is 24.0 Å². The minimum Gasteiger partial charge on any atom is -0.489 e. The van der Waals surface area contributed by atoms with Crippen LogP contribution < -0.4 is 20.7 Å². The van der Waals surface area contributed by atoms with E-state index >= 15 is 0 Å². The van der Waals surface area contributed by atoms with E-state index in [0.29, 0.717) is 32.0 Å². The van der Waals surface area contributed by atoms with Crippen molar-refractivity contribution in [1.29, 1.82) is 0 Å². The number of amides is 1. The number of hydrogen-bond donors (Lipinski definition) is 3. The monoisotopic (exact) mass is 526 g/mol. The van der Waals surface area contributed by atoms with E-state index in [2.05, 4.69) is 27.5 Å². The molecule has 0 saturated carbocycles. The molecule has 1 amide bonds. The number of para-hydroxylation sites is 1. The van der Waals surface area contributed by atoms with Crippen LogP contribution in [0.15, 0.2) is 58.7 Å². The highest BCUT2D eigenvalue weighted by Gasteiger charge is 2.11. The van der Waals surface area contributed by atoms with Gasteiger partial charge in [-0.3, -0.25) is 4.79 Å². The number of nitrogens with zero attached hydrogens (tertiary/aromatic N) is 1. The molecular weight excluding hydrogens is 495 g/mol. The number of rotatable bonds is 11. The smallest absolute Gasteiger partial charge is 0.287 e. The second-order valence-corrected chi connectivity index (χ2v) is 6.37. The molecule has 8 heteroatoms. The fraction of sp³-hybridized carbons (Fsp3) is 0.364. The van der Waals surface area contributed by atoms with Gasteiger partial charge in [0, 0.05) is 30.8 Å². The number of aliphatic imine (C=N–C) groups is 1. The van der Waals surface area contributed by atoms with E-state index in [1.54, 1.807) is 12.1 Å². The lowest BCUT2D eigenvalue weighted by Gasteiger charge is -2.13. The molecule has 0 radical (unpaired) electrons. The SMILES string of the molecule is C=CCOc1ccccc1CN=C(NCC)NCCCNC(=O)c1occc1C.I. The number of furan rings is 1. The summed E-state index contributed by atoms with van der Waals surface area (Å²) in [5.41, 5.74) is 1.84. The maximum absolute atomic E-state index is 12.0. The summed E-state index contributed by atoms with van der Waals surface area (Å²) in [6.45, 7) is 10.5. The first kappa shape index (κ1) is 25.5. The molecule has 0 bridgehead atoms. The molecule has 164 valence electrons. The molecule has 0 aliphatic rings. The van der Waals surface area contributed by atoms with Crippen molar-refractivity contribution in [2.45, 2.75) is 26.8 Å². The van der Waals surface area contributed by atoms with Crippen molar-refractivity contribution in [3.8, 4) is 5.75 Å². The fourth-order valence-electron chi connectivity index (χ4n) is 2.61. The second-order valence-electron chi connectivity index (χ2n) is 6.37. The Bertz CT molecular complexity index is 820. The van der Waals surface area contributed by atoms with Crippen LogP contribution in [0.4, 0.5) is 0 Å². The largest absolute Gasteiger partial charge is 0.489 e. The van der Waals surface area contributed by atoms with Crippen LogP contribution in [0, 0.1) is 6.92 Å². The fourth-order valence-corrected chi connectivity index (χ4v) is 2.61. The van der Waals surface area contributed by atoms with Crippen LogP contribution in [-0.4, -0.2) is 38.1 Å². The molecule has 0 saturated heterocycles. The molecular formula is C22H31IN4O3. The molecule has 0 aliphatic heterocycles. The highest BCUT2D eigenvalue weighted by Crippen LogP contribution is 2.18. The van der Waals surface area contributed by atoms with Gasteiger partial charge in [-0.15, -0.1) is 24.0 Å². The van der Waals surface area contributed by atoms with Gasteiger partial charge >= 0.3 is 0 Å². The number of hydrogen-bond acceptors (Lipinski definition) is 4. The first-order valence-electron chi connectivity index (χ1n) is 9.81. The quantitative estimate of drug-likeness (QED) is 0.137. The van der Waals surface area contributed by atoms with Crippen LogP contribution in [0.1, 0.15) is 35.0 Å². The lowest BCUT2D eigenvalue weighted by molar-refractivity contribution is 0.0925. The molecule has 0 fully saturated rings. The van der Waals surface area contributed by atoms with Gasteiger partial charge in [-0.25, -0.2) is 4.99 Å². The second kappa shape index (κ2) is 14.5. The predicted molar refractivity (Wildman–Crippen MR) is 131 cm³/mol. The number of carbonyl (C=O) groups is 1.